The van der Waals surface area contributed by atoms with Gasteiger partial charge in [-0.25, -0.2) is 9.79 Å². The van der Waals surface area contributed by atoms with Crippen LogP contribution in [0.5, 0.6) is 0 Å². The highest BCUT2D eigenvalue weighted by Gasteiger charge is 2.33. The molecule has 1 aliphatic heterocycles. The highest BCUT2D eigenvalue weighted by molar-refractivity contribution is 7.98. The number of fused-ring (bicyclic) bond motifs is 2. The Labute approximate surface area is 211 Å². The summed E-state index contributed by atoms with van der Waals surface area (Å²) in [6.45, 7) is 3.83. The number of rotatable bonds is 5. The molecule has 5 rings (SSSR count). The van der Waals surface area contributed by atoms with E-state index >= 15 is 0 Å². The van der Waals surface area contributed by atoms with Gasteiger partial charge < -0.3 is 4.74 Å². The lowest BCUT2D eigenvalue weighted by molar-refractivity contribution is -0.139. The van der Waals surface area contributed by atoms with Crippen LogP contribution >= 0.6 is 23.1 Å². The predicted molar refractivity (Wildman–Crippen MR) is 143 cm³/mol. The van der Waals surface area contributed by atoms with E-state index in [1.54, 1.807) is 30.2 Å². The number of thioether (sulfide) groups is 1. The zero-order chi connectivity index (χ0) is 24.5. The molecule has 0 bridgehead atoms. The minimum Gasteiger partial charge on any atom is -0.463 e. The Morgan fingerprint density at radius 2 is 1.86 bits per heavy atom. The Morgan fingerprint density at radius 3 is 2.60 bits per heavy atom. The Bertz CT molecular complexity index is 1640. The number of benzene rings is 3. The number of hydrogen-bond acceptors (Lipinski definition) is 6. The molecule has 0 fully saturated rings. The van der Waals surface area contributed by atoms with Crippen molar-refractivity contribution in [1.29, 1.82) is 0 Å². The molecule has 3 aromatic carbocycles. The molecule has 0 saturated heterocycles. The zero-order valence-corrected chi connectivity index (χ0v) is 21.3. The second kappa shape index (κ2) is 9.68. The summed E-state index contributed by atoms with van der Waals surface area (Å²) in [6.07, 6.45) is 3.93. The molecule has 1 aromatic heterocycles. The Hall–Kier alpha value is -3.42. The third kappa shape index (κ3) is 4.26. The van der Waals surface area contributed by atoms with Crippen LogP contribution in [0, 0.1) is 0 Å². The molecule has 4 aromatic rings. The number of allylic oxidation sites excluding steroid dienone is 1. The number of aromatic nitrogens is 1. The van der Waals surface area contributed by atoms with Gasteiger partial charge in [-0.2, -0.15) is 0 Å². The average Bonchev–Trinajstić information content (AvgIpc) is 3.18. The topological polar surface area (TPSA) is 60.7 Å². The first-order chi connectivity index (χ1) is 17.0. The van der Waals surface area contributed by atoms with Crippen molar-refractivity contribution in [2.75, 3.05) is 12.9 Å². The molecule has 0 aliphatic carbocycles. The molecule has 1 aliphatic rings. The molecule has 0 N–H and O–H groups in total. The van der Waals surface area contributed by atoms with Gasteiger partial charge in [-0.1, -0.05) is 65.9 Å². The van der Waals surface area contributed by atoms with Crippen LogP contribution in [0.2, 0.25) is 0 Å². The summed E-state index contributed by atoms with van der Waals surface area (Å²) in [6, 6.07) is 21.5. The van der Waals surface area contributed by atoms with E-state index in [-0.39, 0.29) is 12.2 Å². The van der Waals surface area contributed by atoms with E-state index in [1.165, 1.54) is 11.3 Å². The minimum atomic E-state index is -0.601. The normalized spacial score (nSPS) is 15.7. The van der Waals surface area contributed by atoms with Crippen LogP contribution < -0.4 is 14.9 Å². The summed E-state index contributed by atoms with van der Waals surface area (Å²) >= 11 is 2.98. The summed E-state index contributed by atoms with van der Waals surface area (Å²) in [5.74, 6) is -0.448. The molecular weight excluding hydrogens is 476 g/mol. The molecule has 1 atom stereocenters. The van der Waals surface area contributed by atoms with Crippen molar-refractivity contribution in [2.45, 2.75) is 24.8 Å². The lowest BCUT2D eigenvalue weighted by Gasteiger charge is -2.24. The molecule has 176 valence electrons. The van der Waals surface area contributed by atoms with E-state index in [4.69, 9.17) is 4.74 Å². The lowest BCUT2D eigenvalue weighted by atomic mass is 9.96. The molecule has 0 amide bonds. The van der Waals surface area contributed by atoms with Crippen LogP contribution in [0.15, 0.2) is 92.7 Å². The maximum atomic E-state index is 13.8. The molecule has 2 heterocycles. The zero-order valence-electron chi connectivity index (χ0n) is 19.6. The Kier molecular flexibility index (Phi) is 6.45. The third-order valence-corrected chi connectivity index (χ3v) is 7.79. The molecule has 1 unspecified atom stereocenters. The van der Waals surface area contributed by atoms with Crippen molar-refractivity contribution in [3.05, 3.63) is 109 Å². The van der Waals surface area contributed by atoms with Crippen molar-refractivity contribution in [3.8, 4) is 0 Å². The van der Waals surface area contributed by atoms with Gasteiger partial charge >= 0.3 is 5.97 Å². The Balaban J connectivity index is 1.74. The summed E-state index contributed by atoms with van der Waals surface area (Å²) in [5, 5.41) is 2.19. The van der Waals surface area contributed by atoms with Gasteiger partial charge in [0.1, 0.15) is 0 Å². The van der Waals surface area contributed by atoms with Crippen LogP contribution in [0.1, 0.15) is 31.0 Å². The van der Waals surface area contributed by atoms with E-state index < -0.39 is 12.0 Å². The first kappa shape index (κ1) is 23.3. The monoisotopic (exact) mass is 500 g/mol. The summed E-state index contributed by atoms with van der Waals surface area (Å²) < 4.78 is 7.58. The number of carbonyl (C=O) groups excluding carboxylic acids is 1. The van der Waals surface area contributed by atoms with Crippen molar-refractivity contribution < 1.29 is 9.53 Å². The lowest BCUT2D eigenvalue weighted by Crippen LogP contribution is -2.39. The number of hydrogen-bond donors (Lipinski definition) is 0. The molecule has 7 heteroatoms. The van der Waals surface area contributed by atoms with Gasteiger partial charge in [0.05, 0.1) is 28.5 Å². The number of ether oxygens (including phenoxy) is 1. The molecule has 0 radical (unpaired) electrons. The van der Waals surface area contributed by atoms with Gasteiger partial charge in [-0.15, -0.1) is 11.8 Å². The Morgan fingerprint density at radius 1 is 1.11 bits per heavy atom. The van der Waals surface area contributed by atoms with Crippen molar-refractivity contribution in [3.63, 3.8) is 0 Å². The van der Waals surface area contributed by atoms with Crippen molar-refractivity contribution in [2.24, 2.45) is 4.99 Å². The second-order valence-corrected chi connectivity index (χ2v) is 10.0. The minimum absolute atomic E-state index is 0.171. The number of thiazole rings is 1. The highest BCUT2D eigenvalue weighted by Crippen LogP contribution is 2.31. The third-order valence-electron chi connectivity index (χ3n) is 6.06. The SMILES string of the molecule is CCOC(=O)C1=C(C)N=c2sc(=Cc3cccc4ccccc34)c(=O)n2C1c1ccc(SC)cc1. The van der Waals surface area contributed by atoms with Gasteiger partial charge in [0, 0.05) is 4.90 Å². The second-order valence-electron chi connectivity index (χ2n) is 8.14. The van der Waals surface area contributed by atoms with E-state index in [1.807, 2.05) is 60.9 Å². The molecule has 5 nitrogen and oxygen atoms in total. The quantitative estimate of drug-likeness (QED) is 0.295. The van der Waals surface area contributed by atoms with Crippen LogP contribution in [0.3, 0.4) is 0 Å². The molecular formula is C28H24N2O3S2. The van der Waals surface area contributed by atoms with E-state index in [0.717, 1.165) is 26.8 Å². The van der Waals surface area contributed by atoms with Crippen LogP contribution in [-0.2, 0) is 9.53 Å². The molecule has 0 spiro atoms. The molecule has 0 saturated carbocycles. The smallest absolute Gasteiger partial charge is 0.338 e. The number of esters is 1. The first-order valence-corrected chi connectivity index (χ1v) is 13.4. The van der Waals surface area contributed by atoms with Gasteiger partial charge in [-0.3, -0.25) is 9.36 Å². The maximum absolute atomic E-state index is 13.8. The predicted octanol–water partition coefficient (Wildman–Crippen LogP) is 4.67. The summed E-state index contributed by atoms with van der Waals surface area (Å²) in [7, 11) is 0. The average molecular weight is 501 g/mol. The largest absolute Gasteiger partial charge is 0.463 e. The van der Waals surface area contributed by atoms with Gasteiger partial charge in [0.25, 0.3) is 5.56 Å². The van der Waals surface area contributed by atoms with Gasteiger partial charge in [0.2, 0.25) is 0 Å². The van der Waals surface area contributed by atoms with Gasteiger partial charge in [-0.05, 0) is 60.2 Å². The van der Waals surface area contributed by atoms with E-state index in [9.17, 15) is 9.59 Å². The summed E-state index contributed by atoms with van der Waals surface area (Å²) in [4.78, 5) is 33.2. The van der Waals surface area contributed by atoms with E-state index in [0.29, 0.717) is 20.6 Å². The van der Waals surface area contributed by atoms with Crippen LogP contribution in [0.25, 0.3) is 16.8 Å². The standard InChI is InChI=1S/C28H24N2O3S2/c1-4-33-27(32)24-17(2)29-28-30(25(24)19-12-14-21(34-3)15-13-19)26(31)23(35-28)16-20-10-7-9-18-8-5-6-11-22(18)20/h5-16,25H,4H2,1-3H3. The fourth-order valence-electron chi connectivity index (χ4n) is 4.41. The van der Waals surface area contributed by atoms with Gasteiger partial charge in [0.15, 0.2) is 4.80 Å². The number of nitrogens with zero attached hydrogens (tertiary/aromatic N) is 2. The van der Waals surface area contributed by atoms with Crippen molar-refractivity contribution in [1.82, 2.24) is 4.57 Å². The fourth-order valence-corrected chi connectivity index (χ4v) is 5.86. The number of carbonyl (C=O) groups is 1. The maximum Gasteiger partial charge on any atom is 0.338 e. The molecule has 35 heavy (non-hydrogen) atoms. The first-order valence-electron chi connectivity index (χ1n) is 11.3. The summed E-state index contributed by atoms with van der Waals surface area (Å²) in [5.41, 5.74) is 2.61. The highest BCUT2D eigenvalue weighted by atomic mass is 32.2. The fraction of sp³-hybridized carbons (Fsp3) is 0.179. The van der Waals surface area contributed by atoms with E-state index in [2.05, 4.69) is 23.2 Å². The van der Waals surface area contributed by atoms with Crippen LogP contribution in [-0.4, -0.2) is 23.4 Å². The van der Waals surface area contributed by atoms with Crippen LogP contribution in [0.4, 0.5) is 0 Å². The van der Waals surface area contributed by atoms with Crippen molar-refractivity contribution >= 4 is 45.9 Å².